The van der Waals surface area contributed by atoms with Crippen molar-refractivity contribution < 1.29 is 0 Å². The molecule has 1 unspecified atom stereocenters. The molecule has 1 nitrogen and oxygen atoms in total. The lowest BCUT2D eigenvalue weighted by atomic mass is 10.0. The van der Waals surface area contributed by atoms with Gasteiger partial charge in [-0.2, -0.15) is 0 Å². The lowest BCUT2D eigenvalue weighted by Gasteiger charge is -2.14. The summed E-state index contributed by atoms with van der Waals surface area (Å²) in [7, 11) is 0. The van der Waals surface area contributed by atoms with Crippen LogP contribution in [0, 0.1) is 0 Å². The van der Waals surface area contributed by atoms with E-state index in [0.29, 0.717) is 6.04 Å². The average molecular weight is 247 g/mol. The summed E-state index contributed by atoms with van der Waals surface area (Å²) in [5.41, 5.74) is 2.83. The van der Waals surface area contributed by atoms with Crippen molar-refractivity contribution in [3.05, 3.63) is 35.4 Å². The Balaban J connectivity index is 2.21. The third-order valence-electron chi connectivity index (χ3n) is 3.62. The molecule has 0 aliphatic rings. The Bertz CT molecular complexity index is 302. The normalized spacial score (nSPS) is 12.6. The number of nitrogens with one attached hydrogen (secondary N) is 1. The van der Waals surface area contributed by atoms with Crippen molar-refractivity contribution in [2.24, 2.45) is 0 Å². The van der Waals surface area contributed by atoms with Gasteiger partial charge in [0, 0.05) is 6.04 Å². The largest absolute Gasteiger partial charge is 0.310 e. The van der Waals surface area contributed by atoms with Crippen LogP contribution in [0.1, 0.15) is 70.0 Å². The van der Waals surface area contributed by atoms with E-state index in [0.717, 1.165) is 13.0 Å². The van der Waals surface area contributed by atoms with Crippen LogP contribution in [0.5, 0.6) is 0 Å². The first-order valence-electron chi connectivity index (χ1n) is 7.60. The molecular weight excluding hydrogens is 218 g/mol. The highest BCUT2D eigenvalue weighted by atomic mass is 14.9. The number of unbranched alkanes of at least 4 members (excludes halogenated alkanes) is 4. The van der Waals surface area contributed by atoms with E-state index in [1.165, 1.54) is 43.2 Å². The van der Waals surface area contributed by atoms with Gasteiger partial charge < -0.3 is 5.32 Å². The van der Waals surface area contributed by atoms with Crippen LogP contribution in [0.25, 0.3) is 0 Å². The summed E-state index contributed by atoms with van der Waals surface area (Å²) in [4.78, 5) is 0. The third kappa shape index (κ3) is 5.68. The Kier molecular flexibility index (Phi) is 7.75. The summed E-state index contributed by atoms with van der Waals surface area (Å²) >= 11 is 0. The lowest BCUT2D eigenvalue weighted by Crippen LogP contribution is -2.19. The quantitative estimate of drug-likeness (QED) is 0.614. The summed E-state index contributed by atoms with van der Waals surface area (Å²) in [5, 5.41) is 3.61. The molecule has 1 heteroatoms. The molecule has 1 atom stereocenters. The minimum absolute atomic E-state index is 0.474. The van der Waals surface area contributed by atoms with Crippen molar-refractivity contribution in [3.8, 4) is 0 Å². The van der Waals surface area contributed by atoms with E-state index in [1.54, 1.807) is 0 Å². The van der Waals surface area contributed by atoms with Crippen LogP contribution in [0.15, 0.2) is 24.3 Å². The Morgan fingerprint density at radius 3 is 2.22 bits per heavy atom. The minimum atomic E-state index is 0.474. The highest BCUT2D eigenvalue weighted by Crippen LogP contribution is 2.14. The van der Waals surface area contributed by atoms with E-state index in [2.05, 4.69) is 50.4 Å². The number of benzene rings is 1. The second kappa shape index (κ2) is 9.16. The van der Waals surface area contributed by atoms with Crippen LogP contribution in [0.4, 0.5) is 0 Å². The Labute approximate surface area is 113 Å². The molecule has 0 radical (unpaired) electrons. The Morgan fingerprint density at radius 1 is 0.944 bits per heavy atom. The van der Waals surface area contributed by atoms with Crippen LogP contribution in [0.2, 0.25) is 0 Å². The van der Waals surface area contributed by atoms with Crippen LogP contribution in [-0.2, 0) is 6.42 Å². The fraction of sp³-hybridized carbons (Fsp3) is 0.647. The lowest BCUT2D eigenvalue weighted by molar-refractivity contribution is 0.531. The molecule has 0 fully saturated rings. The first-order valence-corrected chi connectivity index (χ1v) is 7.60. The summed E-state index contributed by atoms with van der Waals surface area (Å²) in [5.74, 6) is 0. The van der Waals surface area contributed by atoms with Gasteiger partial charge in [-0.25, -0.2) is 0 Å². The Morgan fingerprint density at radius 2 is 1.61 bits per heavy atom. The molecule has 0 saturated carbocycles. The highest BCUT2D eigenvalue weighted by molar-refractivity contribution is 5.24. The summed E-state index contributed by atoms with van der Waals surface area (Å²) < 4.78 is 0. The number of aryl methyl sites for hydroxylation is 1. The second-order valence-corrected chi connectivity index (χ2v) is 5.19. The van der Waals surface area contributed by atoms with Gasteiger partial charge in [0.1, 0.15) is 0 Å². The summed E-state index contributed by atoms with van der Waals surface area (Å²) in [6.45, 7) is 7.86. The molecule has 102 valence electrons. The number of hydrogen-bond donors (Lipinski definition) is 1. The number of rotatable bonds is 9. The van der Waals surface area contributed by atoms with Gasteiger partial charge in [0.15, 0.2) is 0 Å². The van der Waals surface area contributed by atoms with E-state index in [1.807, 2.05) is 0 Å². The molecule has 0 amide bonds. The molecule has 1 aromatic carbocycles. The third-order valence-corrected chi connectivity index (χ3v) is 3.62. The molecule has 1 rings (SSSR count). The van der Waals surface area contributed by atoms with E-state index < -0.39 is 0 Å². The molecule has 1 N–H and O–H groups in total. The zero-order valence-electron chi connectivity index (χ0n) is 12.3. The topological polar surface area (TPSA) is 12.0 Å². The van der Waals surface area contributed by atoms with Gasteiger partial charge in [-0.3, -0.25) is 0 Å². The van der Waals surface area contributed by atoms with Crippen LogP contribution in [-0.4, -0.2) is 6.54 Å². The Hall–Kier alpha value is -0.820. The molecule has 1 aromatic rings. The van der Waals surface area contributed by atoms with Crippen molar-refractivity contribution in [2.45, 2.75) is 65.3 Å². The second-order valence-electron chi connectivity index (χ2n) is 5.19. The van der Waals surface area contributed by atoms with Gasteiger partial charge in [-0.1, -0.05) is 63.8 Å². The first kappa shape index (κ1) is 15.2. The minimum Gasteiger partial charge on any atom is -0.310 e. The van der Waals surface area contributed by atoms with E-state index in [9.17, 15) is 0 Å². The molecule has 0 aromatic heterocycles. The van der Waals surface area contributed by atoms with E-state index in [-0.39, 0.29) is 0 Å². The maximum Gasteiger partial charge on any atom is 0.0291 e. The maximum atomic E-state index is 3.61. The van der Waals surface area contributed by atoms with Crippen molar-refractivity contribution in [1.82, 2.24) is 5.32 Å². The summed E-state index contributed by atoms with van der Waals surface area (Å²) in [6.07, 6.45) is 7.89. The van der Waals surface area contributed by atoms with Gasteiger partial charge in [0.2, 0.25) is 0 Å². The van der Waals surface area contributed by atoms with Gasteiger partial charge in [-0.15, -0.1) is 0 Å². The molecule has 0 heterocycles. The van der Waals surface area contributed by atoms with Crippen LogP contribution >= 0.6 is 0 Å². The predicted molar refractivity (Wildman–Crippen MR) is 81.0 cm³/mol. The highest BCUT2D eigenvalue weighted by Gasteiger charge is 2.03. The first-order chi connectivity index (χ1) is 8.77. The average Bonchev–Trinajstić information content (AvgIpc) is 2.42. The van der Waals surface area contributed by atoms with Gasteiger partial charge in [0.25, 0.3) is 0 Å². The molecule has 18 heavy (non-hydrogen) atoms. The fourth-order valence-electron chi connectivity index (χ4n) is 2.21. The van der Waals surface area contributed by atoms with Crippen molar-refractivity contribution in [1.29, 1.82) is 0 Å². The zero-order valence-corrected chi connectivity index (χ0v) is 12.3. The van der Waals surface area contributed by atoms with Gasteiger partial charge in [-0.05, 0) is 37.4 Å². The fourth-order valence-corrected chi connectivity index (χ4v) is 2.21. The van der Waals surface area contributed by atoms with Gasteiger partial charge in [0.05, 0.1) is 0 Å². The predicted octanol–water partition coefficient (Wildman–Crippen LogP) is 4.87. The SMILES string of the molecule is CCCCCCCNC(C)c1ccc(CC)cc1. The zero-order chi connectivity index (χ0) is 13.2. The van der Waals surface area contributed by atoms with Crippen molar-refractivity contribution >= 4 is 0 Å². The molecule has 0 aliphatic heterocycles. The van der Waals surface area contributed by atoms with Crippen LogP contribution in [0.3, 0.4) is 0 Å². The van der Waals surface area contributed by atoms with Crippen molar-refractivity contribution in [3.63, 3.8) is 0 Å². The monoisotopic (exact) mass is 247 g/mol. The number of hydrogen-bond acceptors (Lipinski definition) is 1. The standard InChI is InChI=1S/C17H29N/c1-4-6-7-8-9-14-18-15(3)17-12-10-16(5-2)11-13-17/h10-13,15,18H,4-9,14H2,1-3H3. The molecular formula is C17H29N. The summed E-state index contributed by atoms with van der Waals surface area (Å²) in [6, 6.07) is 9.48. The van der Waals surface area contributed by atoms with E-state index in [4.69, 9.17) is 0 Å². The van der Waals surface area contributed by atoms with Crippen molar-refractivity contribution in [2.75, 3.05) is 6.54 Å². The molecule has 0 saturated heterocycles. The smallest absolute Gasteiger partial charge is 0.0291 e. The van der Waals surface area contributed by atoms with E-state index >= 15 is 0 Å². The maximum absolute atomic E-state index is 3.61. The van der Waals surface area contributed by atoms with Crippen LogP contribution < -0.4 is 5.32 Å². The molecule has 0 spiro atoms. The molecule has 0 aliphatic carbocycles. The van der Waals surface area contributed by atoms with Gasteiger partial charge >= 0.3 is 0 Å². The molecule has 0 bridgehead atoms.